The third kappa shape index (κ3) is 5.96. The van der Waals surface area contributed by atoms with Gasteiger partial charge < -0.3 is 20.1 Å². The standard InChI is InChI=1S/C24H27FN2O6S/c1-2-24(33-23-11-7-6-10-22(23)30)26-18(16-28)14-17-12-13-21(29)20(15-17)27(25)34(31,32)19-8-4-3-5-9-19/h3-13,15,18,24,26,28-30H,2,14,16H2,1H3/t18-,24-/m0/s1. The Bertz CT molecular complexity index is 1190. The number of rotatable bonds is 11. The molecule has 0 unspecified atom stereocenters. The molecule has 0 spiro atoms. The second-order valence-corrected chi connectivity index (χ2v) is 9.33. The molecule has 0 aromatic heterocycles. The third-order valence-electron chi connectivity index (χ3n) is 5.11. The van der Waals surface area contributed by atoms with Crippen LogP contribution in [0, 0.1) is 0 Å². The summed E-state index contributed by atoms with van der Waals surface area (Å²) in [6.45, 7) is 1.57. The highest BCUT2D eigenvalue weighted by atomic mass is 32.2. The smallest absolute Gasteiger partial charge is 0.290 e. The van der Waals surface area contributed by atoms with E-state index in [0.717, 1.165) is 0 Å². The van der Waals surface area contributed by atoms with E-state index in [4.69, 9.17) is 4.74 Å². The van der Waals surface area contributed by atoms with Crippen LogP contribution < -0.4 is 14.6 Å². The predicted molar refractivity (Wildman–Crippen MR) is 126 cm³/mol. The van der Waals surface area contributed by atoms with Gasteiger partial charge in [0.15, 0.2) is 11.5 Å². The zero-order valence-electron chi connectivity index (χ0n) is 18.5. The van der Waals surface area contributed by atoms with Crippen LogP contribution in [0.15, 0.2) is 77.7 Å². The van der Waals surface area contributed by atoms with Crippen LogP contribution in [-0.4, -0.2) is 42.6 Å². The molecular weight excluding hydrogens is 463 g/mol. The van der Waals surface area contributed by atoms with E-state index in [9.17, 15) is 28.2 Å². The van der Waals surface area contributed by atoms with Gasteiger partial charge >= 0.3 is 0 Å². The monoisotopic (exact) mass is 490 g/mol. The molecule has 0 aliphatic carbocycles. The number of hydrogen-bond donors (Lipinski definition) is 4. The minimum atomic E-state index is -4.53. The van der Waals surface area contributed by atoms with Crippen molar-refractivity contribution in [2.24, 2.45) is 0 Å². The largest absolute Gasteiger partial charge is 0.506 e. The second kappa shape index (κ2) is 11.2. The molecule has 2 atom stereocenters. The first kappa shape index (κ1) is 25.3. The minimum Gasteiger partial charge on any atom is -0.506 e. The maximum absolute atomic E-state index is 15.0. The SMILES string of the molecule is CC[C@@H](N[C@H](CO)Cc1ccc(O)c(N(F)S(=O)(=O)c2ccccc2)c1)Oc1ccccc1O. The molecule has 0 saturated carbocycles. The summed E-state index contributed by atoms with van der Waals surface area (Å²) in [6.07, 6.45) is 0.154. The Morgan fingerprint density at radius 3 is 2.32 bits per heavy atom. The van der Waals surface area contributed by atoms with Gasteiger partial charge in [0, 0.05) is 6.04 Å². The number of halogens is 1. The number of para-hydroxylation sites is 2. The number of phenols is 2. The molecule has 34 heavy (non-hydrogen) atoms. The Morgan fingerprint density at radius 2 is 1.68 bits per heavy atom. The average Bonchev–Trinajstić information content (AvgIpc) is 2.85. The summed E-state index contributed by atoms with van der Waals surface area (Å²) in [5.74, 6) is -0.285. The minimum absolute atomic E-state index is 0.0193. The molecule has 0 radical (unpaired) electrons. The number of sulfonamides is 1. The summed E-state index contributed by atoms with van der Waals surface area (Å²) >= 11 is 0. The van der Waals surface area contributed by atoms with Crippen molar-refractivity contribution in [2.75, 3.05) is 11.1 Å². The highest BCUT2D eigenvalue weighted by Crippen LogP contribution is 2.33. The fourth-order valence-corrected chi connectivity index (χ4v) is 4.41. The highest BCUT2D eigenvalue weighted by Gasteiger charge is 2.28. The van der Waals surface area contributed by atoms with Gasteiger partial charge in [-0.1, -0.05) is 52.3 Å². The number of nitrogens with one attached hydrogen (secondary N) is 1. The molecule has 0 fully saturated rings. The zero-order chi connectivity index (χ0) is 24.7. The first-order chi connectivity index (χ1) is 16.3. The van der Waals surface area contributed by atoms with E-state index in [0.29, 0.717) is 12.0 Å². The van der Waals surface area contributed by atoms with Gasteiger partial charge in [-0.15, -0.1) is 0 Å². The fourth-order valence-electron chi connectivity index (χ4n) is 3.32. The first-order valence-electron chi connectivity index (χ1n) is 10.7. The van der Waals surface area contributed by atoms with Crippen molar-refractivity contribution in [1.82, 2.24) is 5.32 Å². The van der Waals surface area contributed by atoms with Gasteiger partial charge in [-0.25, -0.2) is 0 Å². The van der Waals surface area contributed by atoms with Gasteiger partial charge in [0.25, 0.3) is 10.0 Å². The molecule has 0 saturated heterocycles. The maximum Gasteiger partial charge on any atom is 0.290 e. The van der Waals surface area contributed by atoms with E-state index >= 15 is 0 Å². The number of aromatic hydroxyl groups is 2. The van der Waals surface area contributed by atoms with Crippen LogP contribution in [0.4, 0.5) is 10.2 Å². The molecule has 0 bridgehead atoms. The number of hydrogen-bond acceptors (Lipinski definition) is 7. The van der Waals surface area contributed by atoms with E-state index in [1.54, 1.807) is 24.3 Å². The lowest BCUT2D eigenvalue weighted by Crippen LogP contribution is -2.44. The summed E-state index contributed by atoms with van der Waals surface area (Å²) in [4.78, 5) is -0.260. The molecule has 8 nitrogen and oxygen atoms in total. The quantitative estimate of drug-likeness (QED) is 0.240. The van der Waals surface area contributed by atoms with E-state index in [1.165, 1.54) is 48.5 Å². The maximum atomic E-state index is 15.0. The van der Waals surface area contributed by atoms with Crippen molar-refractivity contribution in [3.63, 3.8) is 0 Å². The molecule has 3 aromatic rings. The molecule has 3 aromatic carbocycles. The van der Waals surface area contributed by atoms with Crippen LogP contribution >= 0.6 is 0 Å². The highest BCUT2D eigenvalue weighted by molar-refractivity contribution is 7.92. The van der Waals surface area contributed by atoms with Crippen LogP contribution in [0.3, 0.4) is 0 Å². The number of aliphatic hydroxyl groups excluding tert-OH is 1. The summed E-state index contributed by atoms with van der Waals surface area (Å²) in [7, 11) is -4.53. The van der Waals surface area contributed by atoms with Crippen LogP contribution in [0.5, 0.6) is 17.2 Å². The van der Waals surface area contributed by atoms with Gasteiger partial charge in [0.2, 0.25) is 0 Å². The molecular formula is C24H27FN2O6S. The number of phenolic OH excluding ortho intramolecular Hbond substituents is 2. The lowest BCUT2D eigenvalue weighted by atomic mass is 10.0. The lowest BCUT2D eigenvalue weighted by molar-refractivity contribution is 0.118. The van der Waals surface area contributed by atoms with Crippen molar-refractivity contribution in [3.8, 4) is 17.2 Å². The van der Waals surface area contributed by atoms with E-state index < -0.39 is 38.3 Å². The third-order valence-corrected chi connectivity index (χ3v) is 6.60. The Kier molecular flexibility index (Phi) is 8.32. The molecule has 4 N–H and O–H groups in total. The molecule has 0 aliphatic heterocycles. The van der Waals surface area contributed by atoms with Gasteiger partial charge in [-0.2, -0.15) is 8.42 Å². The number of benzene rings is 3. The van der Waals surface area contributed by atoms with Crippen LogP contribution in [-0.2, 0) is 16.4 Å². The zero-order valence-corrected chi connectivity index (χ0v) is 19.3. The Balaban J connectivity index is 1.77. The summed E-state index contributed by atoms with van der Waals surface area (Å²) < 4.78 is 45.5. The number of nitrogens with zero attached hydrogens (tertiary/aromatic N) is 1. The average molecular weight is 491 g/mol. The molecule has 0 amide bonds. The molecule has 3 rings (SSSR count). The first-order valence-corrected chi connectivity index (χ1v) is 12.1. The number of ether oxygens (including phenoxy) is 1. The Hall–Kier alpha value is -3.34. The van der Waals surface area contributed by atoms with Gasteiger partial charge in [-0.3, -0.25) is 5.32 Å². The van der Waals surface area contributed by atoms with E-state index in [1.807, 2.05) is 6.92 Å². The van der Waals surface area contributed by atoms with Gasteiger partial charge in [-0.05, 0) is 54.8 Å². The summed E-state index contributed by atoms with van der Waals surface area (Å²) in [5, 5.41) is 33.0. The summed E-state index contributed by atoms with van der Waals surface area (Å²) in [5.41, 5.74) is -0.0572. The van der Waals surface area contributed by atoms with Crippen molar-refractivity contribution in [1.29, 1.82) is 0 Å². The Morgan fingerprint density at radius 1 is 1.00 bits per heavy atom. The van der Waals surface area contributed by atoms with Crippen molar-refractivity contribution < 1.29 is 33.0 Å². The number of anilines is 1. The Labute approximate surface area is 197 Å². The van der Waals surface area contributed by atoms with Crippen molar-refractivity contribution >= 4 is 15.7 Å². The molecule has 0 aliphatic rings. The number of aliphatic hydroxyl groups is 1. The predicted octanol–water partition coefficient (Wildman–Crippen LogP) is 3.49. The summed E-state index contributed by atoms with van der Waals surface area (Å²) in [6, 6.07) is 16.9. The van der Waals surface area contributed by atoms with Crippen molar-refractivity contribution in [2.45, 2.75) is 36.9 Å². The van der Waals surface area contributed by atoms with Crippen LogP contribution in [0.1, 0.15) is 18.9 Å². The fraction of sp³-hybridized carbons (Fsp3) is 0.250. The van der Waals surface area contributed by atoms with E-state index in [-0.39, 0.29) is 29.4 Å². The lowest BCUT2D eigenvalue weighted by Gasteiger charge is -2.25. The van der Waals surface area contributed by atoms with E-state index in [2.05, 4.69) is 5.32 Å². The van der Waals surface area contributed by atoms with Crippen molar-refractivity contribution in [3.05, 3.63) is 78.4 Å². The normalized spacial score (nSPS) is 13.3. The van der Waals surface area contributed by atoms with Gasteiger partial charge in [0.1, 0.15) is 17.7 Å². The molecule has 182 valence electrons. The molecule has 10 heteroatoms. The van der Waals surface area contributed by atoms with Crippen LogP contribution in [0.2, 0.25) is 0 Å². The second-order valence-electron chi connectivity index (χ2n) is 7.59. The van der Waals surface area contributed by atoms with Gasteiger partial charge in [0.05, 0.1) is 11.5 Å². The van der Waals surface area contributed by atoms with Crippen LogP contribution in [0.25, 0.3) is 0 Å². The topological polar surface area (TPSA) is 119 Å². The molecule has 0 heterocycles.